The predicted molar refractivity (Wildman–Crippen MR) is 72.5 cm³/mol. The molecule has 1 aromatic rings. The van der Waals surface area contributed by atoms with E-state index in [0.29, 0.717) is 6.04 Å². The van der Waals surface area contributed by atoms with E-state index in [1.54, 1.807) is 0 Å². The van der Waals surface area contributed by atoms with E-state index >= 15 is 0 Å². The minimum Gasteiger partial charge on any atom is -0.383 e. The summed E-state index contributed by atoms with van der Waals surface area (Å²) in [6.07, 6.45) is 4.48. The molecule has 0 amide bonds. The molecule has 4 heteroatoms. The minimum absolute atomic E-state index is 0.686. The first-order chi connectivity index (χ1) is 8.33. The van der Waals surface area contributed by atoms with Gasteiger partial charge in [0.05, 0.1) is 0 Å². The van der Waals surface area contributed by atoms with Gasteiger partial charge in [-0.15, -0.1) is 0 Å². The lowest BCUT2D eigenvalue weighted by Crippen LogP contribution is -2.34. The number of nitrogens with one attached hydrogen (secondary N) is 2. The molecule has 0 radical (unpaired) electrons. The Morgan fingerprint density at radius 3 is 3.18 bits per heavy atom. The average molecular weight is 234 g/mol. The van der Waals surface area contributed by atoms with E-state index in [4.69, 9.17) is 0 Å². The van der Waals surface area contributed by atoms with Crippen molar-refractivity contribution in [3.05, 3.63) is 18.3 Å². The predicted octanol–water partition coefficient (Wildman–Crippen LogP) is 2.02. The van der Waals surface area contributed by atoms with Crippen molar-refractivity contribution in [2.75, 3.05) is 37.3 Å². The Bertz CT molecular complexity index is 353. The molecule has 1 atom stereocenters. The number of hydrogen-bond donors (Lipinski definition) is 2. The molecule has 1 aliphatic heterocycles. The number of rotatable bonds is 5. The van der Waals surface area contributed by atoms with Crippen molar-refractivity contribution < 1.29 is 0 Å². The molecule has 94 valence electrons. The fraction of sp³-hybridized carbons (Fsp3) is 0.615. The van der Waals surface area contributed by atoms with E-state index in [2.05, 4.69) is 27.4 Å². The van der Waals surface area contributed by atoms with Gasteiger partial charge in [-0.1, -0.05) is 6.92 Å². The Hall–Kier alpha value is -1.29. The third-order valence-electron chi connectivity index (χ3n) is 3.46. The quantitative estimate of drug-likeness (QED) is 0.817. The third kappa shape index (κ3) is 3.09. The van der Waals surface area contributed by atoms with Gasteiger partial charge in [0.2, 0.25) is 0 Å². The van der Waals surface area contributed by atoms with E-state index in [9.17, 15) is 0 Å². The van der Waals surface area contributed by atoms with Crippen LogP contribution in [0.3, 0.4) is 0 Å². The van der Waals surface area contributed by atoms with E-state index < -0.39 is 0 Å². The molecule has 1 unspecified atom stereocenters. The molecule has 0 aromatic carbocycles. The van der Waals surface area contributed by atoms with Crippen molar-refractivity contribution in [1.29, 1.82) is 0 Å². The fourth-order valence-corrected chi connectivity index (χ4v) is 2.46. The maximum absolute atomic E-state index is 4.21. The van der Waals surface area contributed by atoms with Gasteiger partial charge in [0, 0.05) is 37.6 Å². The van der Waals surface area contributed by atoms with E-state index in [1.807, 2.05) is 25.4 Å². The van der Waals surface area contributed by atoms with Crippen molar-refractivity contribution in [1.82, 2.24) is 9.88 Å². The second kappa shape index (κ2) is 5.87. The van der Waals surface area contributed by atoms with Crippen LogP contribution in [0.4, 0.5) is 11.5 Å². The smallest absolute Gasteiger partial charge is 0.127 e. The Balaban J connectivity index is 1.88. The Kier molecular flexibility index (Phi) is 4.20. The largest absolute Gasteiger partial charge is 0.383 e. The summed E-state index contributed by atoms with van der Waals surface area (Å²) in [4.78, 5) is 6.76. The number of nitrogens with zero attached hydrogens (tertiary/aromatic N) is 2. The summed E-state index contributed by atoms with van der Waals surface area (Å²) in [6.45, 7) is 5.68. The van der Waals surface area contributed by atoms with Crippen LogP contribution in [0.5, 0.6) is 0 Å². The van der Waals surface area contributed by atoms with Crippen LogP contribution in [0.15, 0.2) is 18.3 Å². The zero-order valence-electron chi connectivity index (χ0n) is 10.7. The fourth-order valence-electron chi connectivity index (χ4n) is 2.46. The first-order valence-corrected chi connectivity index (χ1v) is 6.45. The molecule has 0 spiro atoms. The lowest BCUT2D eigenvalue weighted by atomic mass is 10.2. The van der Waals surface area contributed by atoms with Crippen LogP contribution >= 0.6 is 0 Å². The van der Waals surface area contributed by atoms with Crippen molar-refractivity contribution >= 4 is 11.5 Å². The zero-order valence-corrected chi connectivity index (χ0v) is 10.7. The zero-order chi connectivity index (χ0) is 12.1. The first-order valence-electron chi connectivity index (χ1n) is 6.45. The number of pyridine rings is 1. The highest BCUT2D eigenvalue weighted by Gasteiger charge is 2.22. The van der Waals surface area contributed by atoms with Gasteiger partial charge in [-0.2, -0.15) is 0 Å². The normalized spacial score (nSPS) is 20.5. The molecule has 1 fully saturated rings. The van der Waals surface area contributed by atoms with Gasteiger partial charge >= 0.3 is 0 Å². The highest BCUT2D eigenvalue weighted by molar-refractivity contribution is 5.51. The van der Waals surface area contributed by atoms with E-state index in [0.717, 1.165) is 24.6 Å². The Morgan fingerprint density at radius 1 is 1.53 bits per heavy atom. The summed E-state index contributed by atoms with van der Waals surface area (Å²) >= 11 is 0. The molecule has 1 aromatic heterocycles. The number of aromatic nitrogens is 1. The third-order valence-corrected chi connectivity index (χ3v) is 3.46. The van der Waals surface area contributed by atoms with E-state index in [-0.39, 0.29) is 0 Å². The minimum atomic E-state index is 0.686. The maximum atomic E-state index is 4.21. The topological polar surface area (TPSA) is 40.2 Å². The van der Waals surface area contributed by atoms with Crippen LogP contribution in [-0.4, -0.2) is 42.6 Å². The van der Waals surface area contributed by atoms with E-state index in [1.165, 1.54) is 19.4 Å². The van der Waals surface area contributed by atoms with Gasteiger partial charge in [0.1, 0.15) is 5.82 Å². The standard InChI is InChI=1S/C13H22N4/c1-3-17-8-4-5-12(17)10-16-11-6-7-15-13(9-11)14-2/h6-7,9,12H,3-5,8,10H2,1-2H3,(H2,14,15,16). The number of likely N-dealkylation sites (N-methyl/N-ethyl adjacent to an activating group) is 1. The molecule has 4 nitrogen and oxygen atoms in total. The molecular weight excluding hydrogens is 212 g/mol. The monoisotopic (exact) mass is 234 g/mol. The van der Waals surface area contributed by atoms with Gasteiger partial charge in [0.15, 0.2) is 0 Å². The second-order valence-corrected chi connectivity index (χ2v) is 4.49. The van der Waals surface area contributed by atoms with Crippen LogP contribution in [0.25, 0.3) is 0 Å². The summed E-state index contributed by atoms with van der Waals surface area (Å²) in [7, 11) is 1.89. The van der Waals surface area contributed by atoms with Gasteiger partial charge in [-0.05, 0) is 32.0 Å². The molecule has 0 bridgehead atoms. The van der Waals surface area contributed by atoms with Crippen molar-refractivity contribution in [2.24, 2.45) is 0 Å². The maximum Gasteiger partial charge on any atom is 0.127 e. The molecule has 1 aliphatic rings. The Morgan fingerprint density at radius 2 is 2.41 bits per heavy atom. The van der Waals surface area contributed by atoms with Crippen LogP contribution in [0.1, 0.15) is 19.8 Å². The first kappa shape index (κ1) is 12.2. The van der Waals surface area contributed by atoms with Crippen LogP contribution in [0, 0.1) is 0 Å². The number of hydrogen-bond acceptors (Lipinski definition) is 4. The average Bonchev–Trinajstić information content (AvgIpc) is 2.84. The molecule has 2 heterocycles. The molecular formula is C13H22N4. The summed E-state index contributed by atoms with van der Waals surface area (Å²) in [5.41, 5.74) is 1.15. The SMILES string of the molecule is CCN1CCCC1CNc1ccnc(NC)c1. The van der Waals surface area contributed by atoms with Crippen molar-refractivity contribution in [3.8, 4) is 0 Å². The van der Waals surface area contributed by atoms with Gasteiger partial charge in [0.25, 0.3) is 0 Å². The van der Waals surface area contributed by atoms with Crippen LogP contribution < -0.4 is 10.6 Å². The molecule has 17 heavy (non-hydrogen) atoms. The van der Waals surface area contributed by atoms with Gasteiger partial charge < -0.3 is 10.6 Å². The molecule has 2 N–H and O–H groups in total. The number of anilines is 2. The Labute approximate surface area is 103 Å². The lowest BCUT2D eigenvalue weighted by Gasteiger charge is -2.23. The highest BCUT2D eigenvalue weighted by atomic mass is 15.2. The summed E-state index contributed by atoms with van der Waals surface area (Å²) in [5.74, 6) is 0.911. The highest BCUT2D eigenvalue weighted by Crippen LogP contribution is 2.18. The molecule has 1 saturated heterocycles. The molecule has 2 rings (SSSR count). The lowest BCUT2D eigenvalue weighted by molar-refractivity contribution is 0.277. The number of likely N-dealkylation sites (tertiary alicyclic amines) is 1. The van der Waals surface area contributed by atoms with Crippen LogP contribution in [0.2, 0.25) is 0 Å². The van der Waals surface area contributed by atoms with Crippen LogP contribution in [-0.2, 0) is 0 Å². The molecule has 0 saturated carbocycles. The second-order valence-electron chi connectivity index (χ2n) is 4.49. The summed E-state index contributed by atoms with van der Waals surface area (Å²) < 4.78 is 0. The summed E-state index contributed by atoms with van der Waals surface area (Å²) in [5, 5.41) is 6.56. The van der Waals surface area contributed by atoms with Gasteiger partial charge in [-0.3, -0.25) is 4.90 Å². The van der Waals surface area contributed by atoms with Crippen molar-refractivity contribution in [3.63, 3.8) is 0 Å². The van der Waals surface area contributed by atoms with Crippen molar-refractivity contribution in [2.45, 2.75) is 25.8 Å². The molecule has 0 aliphatic carbocycles. The van der Waals surface area contributed by atoms with Gasteiger partial charge in [-0.25, -0.2) is 4.98 Å². The summed E-state index contributed by atoms with van der Waals surface area (Å²) in [6, 6.07) is 4.75.